The average Bonchev–Trinajstić information content (AvgIpc) is 2.24. The van der Waals surface area contributed by atoms with E-state index in [1.807, 2.05) is 0 Å². The summed E-state index contributed by atoms with van der Waals surface area (Å²) in [7, 11) is 0. The second-order valence-corrected chi connectivity index (χ2v) is 3.59. The van der Waals surface area contributed by atoms with Crippen molar-refractivity contribution in [2.45, 2.75) is 32.6 Å². The molecule has 0 rings (SSSR count). The van der Waals surface area contributed by atoms with Gasteiger partial charge < -0.3 is 20.8 Å². The second kappa shape index (κ2) is 10.3. The van der Waals surface area contributed by atoms with Crippen LogP contribution in [0, 0.1) is 0 Å². The first-order valence-electron chi connectivity index (χ1n) is 5.70. The molecule has 0 aromatic heterocycles. The Kier molecular flexibility index (Phi) is 9.50. The highest BCUT2D eigenvalue weighted by molar-refractivity contribution is 5.66. The zero-order chi connectivity index (χ0) is 12.2. The molecule has 0 unspecified atom stereocenters. The van der Waals surface area contributed by atoms with Crippen molar-refractivity contribution in [3.8, 4) is 0 Å². The van der Waals surface area contributed by atoms with Crippen molar-refractivity contribution in [2.24, 2.45) is 0 Å². The molecule has 0 fully saturated rings. The van der Waals surface area contributed by atoms with E-state index in [2.05, 4.69) is 17.6 Å². The third-order valence-electron chi connectivity index (χ3n) is 2.02. The molecule has 0 aromatic carbocycles. The maximum Gasteiger partial charge on any atom is 0.304 e. The summed E-state index contributed by atoms with van der Waals surface area (Å²) in [5, 5.41) is 23.7. The Bertz CT molecular complexity index is 217. The van der Waals surface area contributed by atoms with E-state index >= 15 is 0 Å². The molecule has 0 amide bonds. The van der Waals surface area contributed by atoms with E-state index in [0.717, 1.165) is 12.8 Å². The van der Waals surface area contributed by atoms with Gasteiger partial charge in [0.1, 0.15) is 5.76 Å². The molecular weight excluding hydrogens is 208 g/mol. The molecule has 0 aliphatic rings. The zero-order valence-electron chi connectivity index (χ0n) is 9.83. The lowest BCUT2D eigenvalue weighted by Crippen LogP contribution is -2.26. The average molecular weight is 230 g/mol. The Hall–Kier alpha value is -1.23. The summed E-state index contributed by atoms with van der Waals surface area (Å²) in [5.74, 6) is -0.426. The van der Waals surface area contributed by atoms with Crippen LogP contribution in [-0.4, -0.2) is 35.8 Å². The van der Waals surface area contributed by atoms with Gasteiger partial charge in [0.25, 0.3) is 0 Å². The third kappa shape index (κ3) is 10.8. The second-order valence-electron chi connectivity index (χ2n) is 3.59. The number of nitrogens with one attached hydrogen (secondary N) is 2. The standard InChI is InChI=1S/C11H22N2O3/c1-2-3-4-10(14)9-13-8-7-12-6-5-11(15)16/h9,12-14H,2-8H2,1H3,(H,15,16)/b10-9-. The highest BCUT2D eigenvalue weighted by Crippen LogP contribution is 2.01. The Morgan fingerprint density at radius 3 is 2.56 bits per heavy atom. The molecule has 0 spiro atoms. The molecule has 5 heteroatoms. The minimum atomic E-state index is -0.794. The highest BCUT2D eigenvalue weighted by atomic mass is 16.4. The molecule has 5 nitrogen and oxygen atoms in total. The number of carboxylic acids is 1. The topological polar surface area (TPSA) is 81.6 Å². The van der Waals surface area contributed by atoms with Crippen LogP contribution in [0.5, 0.6) is 0 Å². The third-order valence-corrected chi connectivity index (χ3v) is 2.02. The summed E-state index contributed by atoms with van der Waals surface area (Å²) < 4.78 is 0. The lowest BCUT2D eigenvalue weighted by Gasteiger charge is -2.04. The number of allylic oxidation sites excluding steroid dienone is 1. The fraction of sp³-hybridized carbons (Fsp3) is 0.727. The van der Waals surface area contributed by atoms with E-state index in [9.17, 15) is 9.90 Å². The van der Waals surface area contributed by atoms with Gasteiger partial charge in [-0.1, -0.05) is 13.3 Å². The smallest absolute Gasteiger partial charge is 0.304 e. The number of carbonyl (C=O) groups is 1. The molecule has 0 bridgehead atoms. The van der Waals surface area contributed by atoms with Crippen molar-refractivity contribution in [2.75, 3.05) is 19.6 Å². The predicted molar refractivity (Wildman–Crippen MR) is 63.4 cm³/mol. The predicted octanol–water partition coefficient (Wildman–Crippen LogP) is 1.23. The van der Waals surface area contributed by atoms with E-state index in [0.29, 0.717) is 31.8 Å². The van der Waals surface area contributed by atoms with Crippen molar-refractivity contribution in [1.29, 1.82) is 0 Å². The molecule has 16 heavy (non-hydrogen) atoms. The van der Waals surface area contributed by atoms with Gasteiger partial charge in [-0.3, -0.25) is 4.79 Å². The summed E-state index contributed by atoms with van der Waals surface area (Å²) in [4.78, 5) is 10.2. The molecule has 0 atom stereocenters. The molecule has 0 saturated carbocycles. The Balaban J connectivity index is 3.28. The maximum absolute atomic E-state index is 10.2. The Morgan fingerprint density at radius 1 is 1.19 bits per heavy atom. The summed E-state index contributed by atoms with van der Waals surface area (Å²) >= 11 is 0. The van der Waals surface area contributed by atoms with Crippen molar-refractivity contribution >= 4 is 5.97 Å². The van der Waals surface area contributed by atoms with Crippen LogP contribution in [0.4, 0.5) is 0 Å². The molecule has 0 aromatic rings. The van der Waals surface area contributed by atoms with Crippen LogP contribution in [0.1, 0.15) is 32.6 Å². The summed E-state index contributed by atoms with van der Waals surface area (Å²) in [6.45, 7) is 3.91. The van der Waals surface area contributed by atoms with Gasteiger partial charge in [0.2, 0.25) is 0 Å². The van der Waals surface area contributed by atoms with Gasteiger partial charge in [-0.2, -0.15) is 0 Å². The number of hydrogen-bond donors (Lipinski definition) is 4. The van der Waals surface area contributed by atoms with Crippen LogP contribution in [0.15, 0.2) is 12.0 Å². The molecule has 0 saturated heterocycles. The van der Waals surface area contributed by atoms with Crippen molar-refractivity contribution in [3.05, 3.63) is 12.0 Å². The van der Waals surface area contributed by atoms with Gasteiger partial charge in [0.05, 0.1) is 6.42 Å². The Labute approximate surface area is 96.5 Å². The maximum atomic E-state index is 10.2. The van der Waals surface area contributed by atoms with E-state index in [4.69, 9.17) is 5.11 Å². The molecular formula is C11H22N2O3. The summed E-state index contributed by atoms with van der Waals surface area (Å²) in [6, 6.07) is 0. The molecule has 4 N–H and O–H groups in total. The quantitative estimate of drug-likeness (QED) is 0.335. The van der Waals surface area contributed by atoms with Crippen LogP contribution >= 0.6 is 0 Å². The van der Waals surface area contributed by atoms with Gasteiger partial charge in [-0.25, -0.2) is 0 Å². The SMILES string of the molecule is CCCC/C(O)=C/NCCNCCC(=O)O. The number of hydrogen-bond acceptors (Lipinski definition) is 4. The van der Waals surface area contributed by atoms with E-state index in [1.165, 1.54) is 0 Å². The molecule has 0 aliphatic heterocycles. The molecule has 0 heterocycles. The number of rotatable bonds is 10. The van der Waals surface area contributed by atoms with Crippen molar-refractivity contribution in [3.63, 3.8) is 0 Å². The summed E-state index contributed by atoms with van der Waals surface area (Å²) in [5.41, 5.74) is 0. The first-order chi connectivity index (χ1) is 7.66. The van der Waals surface area contributed by atoms with Crippen LogP contribution in [0.25, 0.3) is 0 Å². The van der Waals surface area contributed by atoms with Crippen molar-refractivity contribution in [1.82, 2.24) is 10.6 Å². The van der Waals surface area contributed by atoms with Gasteiger partial charge in [0, 0.05) is 32.3 Å². The first kappa shape index (κ1) is 14.8. The number of aliphatic hydroxyl groups excluding tert-OH is 1. The fourth-order valence-electron chi connectivity index (χ4n) is 1.10. The van der Waals surface area contributed by atoms with Crippen LogP contribution < -0.4 is 10.6 Å². The van der Waals surface area contributed by atoms with Crippen LogP contribution in [0.2, 0.25) is 0 Å². The molecule has 94 valence electrons. The largest absolute Gasteiger partial charge is 0.511 e. The first-order valence-corrected chi connectivity index (χ1v) is 5.70. The van der Waals surface area contributed by atoms with Gasteiger partial charge >= 0.3 is 5.97 Å². The monoisotopic (exact) mass is 230 g/mol. The summed E-state index contributed by atoms with van der Waals surface area (Å²) in [6.07, 6.45) is 4.50. The number of aliphatic hydroxyl groups is 1. The van der Waals surface area contributed by atoms with Gasteiger partial charge in [-0.15, -0.1) is 0 Å². The normalized spacial score (nSPS) is 11.4. The van der Waals surface area contributed by atoms with E-state index < -0.39 is 5.97 Å². The number of aliphatic carboxylic acids is 1. The minimum absolute atomic E-state index is 0.136. The van der Waals surface area contributed by atoms with Gasteiger partial charge in [0.15, 0.2) is 0 Å². The highest BCUT2D eigenvalue weighted by Gasteiger charge is 1.94. The lowest BCUT2D eigenvalue weighted by molar-refractivity contribution is -0.136. The fourth-order valence-corrected chi connectivity index (χ4v) is 1.10. The van der Waals surface area contributed by atoms with Crippen LogP contribution in [-0.2, 0) is 4.79 Å². The Morgan fingerprint density at radius 2 is 1.94 bits per heavy atom. The zero-order valence-corrected chi connectivity index (χ0v) is 9.83. The molecule has 0 radical (unpaired) electrons. The lowest BCUT2D eigenvalue weighted by atomic mass is 10.2. The molecule has 0 aliphatic carbocycles. The van der Waals surface area contributed by atoms with E-state index in [1.54, 1.807) is 6.20 Å². The van der Waals surface area contributed by atoms with E-state index in [-0.39, 0.29) is 6.42 Å². The van der Waals surface area contributed by atoms with Gasteiger partial charge in [-0.05, 0) is 6.42 Å². The van der Waals surface area contributed by atoms with Crippen molar-refractivity contribution < 1.29 is 15.0 Å². The minimum Gasteiger partial charge on any atom is -0.511 e. The number of unbranched alkanes of at least 4 members (excludes halogenated alkanes) is 1. The van der Waals surface area contributed by atoms with Crippen LogP contribution in [0.3, 0.4) is 0 Å². The number of carboxylic acid groups (broad SMARTS) is 1.